The molecule has 156 valence electrons. The maximum Gasteiger partial charge on any atom is 0.357 e. The number of aromatic nitrogens is 1. The number of esters is 1. The van der Waals surface area contributed by atoms with E-state index < -0.39 is 23.8 Å². The lowest BCUT2D eigenvalue weighted by atomic mass is 10.2. The minimum atomic E-state index is -0.988. The second-order valence-electron chi connectivity index (χ2n) is 6.04. The standard InChI is InChI=1S/C17H17N7O5S/c1-3-4-29-16(27)13-9(5-18)6-23-7-10(15(26)24(13)23)20-14(25)12(22-28-2)11-8-30-17(19)21-11/h3,8,10H,1,4,6-7H2,2H3,(H2,19,21)(H,20,25)/b22-12-. The third-order valence-electron chi connectivity index (χ3n) is 4.15. The van der Waals surface area contributed by atoms with Crippen LogP contribution in [-0.2, 0) is 24.0 Å². The number of ether oxygens (including phenoxy) is 1. The lowest BCUT2D eigenvalue weighted by Gasteiger charge is -2.20. The third-order valence-corrected chi connectivity index (χ3v) is 4.82. The van der Waals surface area contributed by atoms with Crippen molar-refractivity contribution in [3.63, 3.8) is 0 Å². The fourth-order valence-electron chi connectivity index (χ4n) is 2.96. The monoisotopic (exact) mass is 431 g/mol. The van der Waals surface area contributed by atoms with Gasteiger partial charge in [0.15, 0.2) is 16.5 Å². The van der Waals surface area contributed by atoms with E-state index in [0.29, 0.717) is 0 Å². The normalized spacial score (nSPS) is 18.8. The number of nitrogens with two attached hydrogens (primary N) is 1. The van der Waals surface area contributed by atoms with E-state index >= 15 is 0 Å². The first-order chi connectivity index (χ1) is 14.4. The van der Waals surface area contributed by atoms with Crippen LogP contribution in [0.4, 0.5) is 5.13 Å². The van der Waals surface area contributed by atoms with E-state index in [1.807, 2.05) is 6.07 Å². The maximum atomic E-state index is 12.9. The molecule has 0 spiro atoms. The maximum absolute atomic E-state index is 12.9. The fraction of sp³-hybridized carbons (Fsp3) is 0.294. The molecule has 2 aliphatic rings. The molecule has 0 aromatic carbocycles. The van der Waals surface area contributed by atoms with Gasteiger partial charge in [-0.2, -0.15) is 5.26 Å². The predicted molar refractivity (Wildman–Crippen MR) is 104 cm³/mol. The van der Waals surface area contributed by atoms with E-state index in [1.54, 1.807) is 0 Å². The number of amides is 2. The lowest BCUT2D eigenvalue weighted by molar-refractivity contribution is -0.146. The molecular weight excluding hydrogens is 414 g/mol. The Labute approximate surface area is 174 Å². The van der Waals surface area contributed by atoms with Crippen molar-refractivity contribution in [2.45, 2.75) is 6.04 Å². The minimum Gasteiger partial charge on any atom is -0.457 e. The highest BCUT2D eigenvalue weighted by Crippen LogP contribution is 2.29. The molecule has 3 N–H and O–H groups in total. The number of hydrogen-bond donors (Lipinski definition) is 2. The summed E-state index contributed by atoms with van der Waals surface area (Å²) in [6.07, 6.45) is 1.37. The number of anilines is 1. The highest BCUT2D eigenvalue weighted by atomic mass is 32.1. The van der Waals surface area contributed by atoms with Crippen LogP contribution in [-0.4, -0.2) is 71.3 Å². The van der Waals surface area contributed by atoms with Crippen molar-refractivity contribution < 1.29 is 24.0 Å². The van der Waals surface area contributed by atoms with Crippen LogP contribution in [0.2, 0.25) is 0 Å². The van der Waals surface area contributed by atoms with Crippen LogP contribution < -0.4 is 11.1 Å². The molecule has 0 aliphatic carbocycles. The Kier molecular flexibility index (Phi) is 6.09. The molecule has 13 heteroatoms. The summed E-state index contributed by atoms with van der Waals surface area (Å²) in [6, 6.07) is 0.922. The Balaban J connectivity index is 1.78. The minimum absolute atomic E-state index is 0.0365. The predicted octanol–water partition coefficient (Wildman–Crippen LogP) is -0.860. The molecule has 2 aliphatic heterocycles. The highest BCUT2D eigenvalue weighted by molar-refractivity contribution is 7.13. The fourth-order valence-corrected chi connectivity index (χ4v) is 3.50. The number of thiazole rings is 1. The molecule has 12 nitrogen and oxygen atoms in total. The van der Waals surface area contributed by atoms with Gasteiger partial charge in [0.2, 0.25) is 0 Å². The van der Waals surface area contributed by atoms with Crippen LogP contribution in [0.1, 0.15) is 5.69 Å². The average molecular weight is 431 g/mol. The molecule has 0 bridgehead atoms. The molecule has 1 unspecified atom stereocenters. The molecule has 0 radical (unpaired) electrons. The molecule has 0 saturated carbocycles. The van der Waals surface area contributed by atoms with Gasteiger partial charge < -0.3 is 20.6 Å². The summed E-state index contributed by atoms with van der Waals surface area (Å²) in [5.74, 6) is -2.12. The SMILES string of the molecule is C=CCOC(=O)C1=C(C#N)CN2CC(NC(=O)/C(=N\OC)c3csc(N)n3)C(=O)N12. The number of carbonyl (C=O) groups excluding carboxylic acids is 3. The van der Waals surface area contributed by atoms with Gasteiger partial charge in [-0.25, -0.2) is 19.8 Å². The zero-order valence-corrected chi connectivity index (χ0v) is 16.6. The number of fused-ring (bicyclic) bond motifs is 1. The Bertz CT molecular complexity index is 1010. The van der Waals surface area contributed by atoms with Gasteiger partial charge in [-0.05, 0) is 0 Å². The van der Waals surface area contributed by atoms with Crippen LogP contribution in [0.25, 0.3) is 0 Å². The van der Waals surface area contributed by atoms with Crippen LogP contribution >= 0.6 is 11.3 Å². The number of nitriles is 1. The first kappa shape index (κ1) is 21.0. The van der Waals surface area contributed by atoms with E-state index in [0.717, 1.165) is 16.3 Å². The van der Waals surface area contributed by atoms with Crippen molar-refractivity contribution in [1.29, 1.82) is 5.26 Å². The summed E-state index contributed by atoms with van der Waals surface area (Å²) in [5, 5.41) is 19.8. The average Bonchev–Trinajstić information content (AvgIpc) is 3.39. The summed E-state index contributed by atoms with van der Waals surface area (Å²) in [4.78, 5) is 46.6. The number of rotatable bonds is 7. The number of carbonyl (C=O) groups is 3. The number of oxime groups is 1. The second kappa shape index (κ2) is 8.72. The summed E-state index contributed by atoms with van der Waals surface area (Å²) < 4.78 is 4.98. The van der Waals surface area contributed by atoms with Crippen LogP contribution in [0.3, 0.4) is 0 Å². The van der Waals surface area contributed by atoms with Crippen LogP contribution in [0.5, 0.6) is 0 Å². The second-order valence-corrected chi connectivity index (χ2v) is 6.93. The van der Waals surface area contributed by atoms with Gasteiger partial charge in [-0.15, -0.1) is 11.3 Å². The number of nitrogens with zero attached hydrogens (tertiary/aromatic N) is 5. The lowest BCUT2D eigenvalue weighted by Crippen LogP contribution is -2.46. The Morgan fingerprint density at radius 1 is 1.60 bits per heavy atom. The zero-order valence-electron chi connectivity index (χ0n) is 15.8. The molecule has 1 aromatic rings. The Hall–Kier alpha value is -3.76. The van der Waals surface area contributed by atoms with Crippen molar-refractivity contribution in [1.82, 2.24) is 20.3 Å². The van der Waals surface area contributed by atoms with E-state index in [2.05, 4.69) is 22.0 Å². The number of hydrazine groups is 1. The third kappa shape index (κ3) is 3.86. The molecule has 3 heterocycles. The Morgan fingerprint density at radius 2 is 2.37 bits per heavy atom. The van der Waals surface area contributed by atoms with E-state index in [9.17, 15) is 19.6 Å². The van der Waals surface area contributed by atoms with Crippen LogP contribution in [0.15, 0.2) is 34.5 Å². The van der Waals surface area contributed by atoms with Gasteiger partial charge in [-0.3, -0.25) is 9.59 Å². The van der Waals surface area contributed by atoms with E-state index in [1.165, 1.54) is 23.6 Å². The van der Waals surface area contributed by atoms with Gasteiger partial charge in [0.05, 0.1) is 18.2 Å². The van der Waals surface area contributed by atoms with Gasteiger partial charge >= 0.3 is 5.97 Å². The van der Waals surface area contributed by atoms with Crippen LogP contribution in [0, 0.1) is 11.3 Å². The molecule has 1 fully saturated rings. The van der Waals surface area contributed by atoms with Crippen molar-refractivity contribution >= 4 is 40.0 Å². The highest BCUT2D eigenvalue weighted by Gasteiger charge is 2.48. The molecule has 3 rings (SSSR count). The first-order valence-corrected chi connectivity index (χ1v) is 9.42. The first-order valence-electron chi connectivity index (χ1n) is 8.54. The largest absolute Gasteiger partial charge is 0.457 e. The molecular formula is C17H17N7O5S. The molecule has 1 aromatic heterocycles. The number of nitrogen functional groups attached to an aromatic ring is 1. The zero-order chi connectivity index (χ0) is 21.8. The topological polar surface area (TPSA) is 163 Å². The van der Waals surface area contributed by atoms with Crippen molar-refractivity contribution in [3.8, 4) is 6.07 Å². The number of nitrogens with one attached hydrogen (secondary N) is 1. The Morgan fingerprint density at radius 3 is 2.97 bits per heavy atom. The van der Waals surface area contributed by atoms with E-state index in [4.69, 9.17) is 15.3 Å². The van der Waals surface area contributed by atoms with Crippen molar-refractivity contribution in [3.05, 3.63) is 35.0 Å². The quantitative estimate of drug-likeness (QED) is 0.242. The molecule has 1 saturated heterocycles. The van der Waals surface area contributed by atoms with Gasteiger partial charge in [0.25, 0.3) is 11.8 Å². The van der Waals surface area contributed by atoms with Gasteiger partial charge in [0.1, 0.15) is 25.5 Å². The number of hydrogen-bond acceptors (Lipinski definition) is 11. The summed E-state index contributed by atoms with van der Waals surface area (Å²) >= 11 is 1.12. The van der Waals surface area contributed by atoms with Crippen molar-refractivity contribution in [2.24, 2.45) is 5.16 Å². The van der Waals surface area contributed by atoms with E-state index in [-0.39, 0.29) is 47.5 Å². The molecule has 2 amide bonds. The summed E-state index contributed by atoms with van der Waals surface area (Å²) in [6.45, 7) is 3.47. The molecule has 1 atom stereocenters. The van der Waals surface area contributed by atoms with Gasteiger partial charge in [0, 0.05) is 11.9 Å². The molecule has 30 heavy (non-hydrogen) atoms. The summed E-state index contributed by atoms with van der Waals surface area (Å²) in [7, 11) is 1.26. The smallest absolute Gasteiger partial charge is 0.357 e. The summed E-state index contributed by atoms with van der Waals surface area (Å²) in [5.41, 5.74) is 5.57. The van der Waals surface area contributed by atoms with Gasteiger partial charge in [-0.1, -0.05) is 17.8 Å². The van der Waals surface area contributed by atoms with Crippen molar-refractivity contribution in [2.75, 3.05) is 32.5 Å².